The van der Waals surface area contributed by atoms with Crippen LogP contribution in [0.25, 0.3) is 0 Å². The van der Waals surface area contributed by atoms with Crippen molar-refractivity contribution in [3.8, 4) is 0 Å². The zero-order valence-electron chi connectivity index (χ0n) is 24.9. The van der Waals surface area contributed by atoms with Gasteiger partial charge >= 0.3 is 11.9 Å². The minimum absolute atomic E-state index is 0.0890. The Morgan fingerprint density at radius 1 is 0.814 bits per heavy atom. The maximum atomic E-state index is 12.8. The number of nitrogens with one attached hydrogen (secondary N) is 1. The maximum Gasteiger partial charge on any atom is 0.338 e. The highest BCUT2D eigenvalue weighted by Gasteiger charge is 2.31. The van der Waals surface area contributed by atoms with Crippen LogP contribution in [0.4, 0.5) is 11.4 Å². The number of carbonyl (C=O) groups is 3. The van der Waals surface area contributed by atoms with Crippen molar-refractivity contribution in [3.05, 3.63) is 56.5 Å². The summed E-state index contributed by atoms with van der Waals surface area (Å²) in [6.07, 6.45) is 14.6. The number of hydrogen-bond donors (Lipinski definition) is 1. The summed E-state index contributed by atoms with van der Waals surface area (Å²) in [5.74, 6) is -1.17. The van der Waals surface area contributed by atoms with Gasteiger partial charge in [-0.05, 0) is 36.8 Å². The molecule has 2 aromatic rings. The van der Waals surface area contributed by atoms with Crippen LogP contribution in [0.15, 0.2) is 35.3 Å². The van der Waals surface area contributed by atoms with Gasteiger partial charge in [0.25, 0.3) is 5.91 Å². The van der Waals surface area contributed by atoms with Crippen LogP contribution in [0.1, 0.15) is 111 Å². The van der Waals surface area contributed by atoms with Gasteiger partial charge in [0.15, 0.2) is 0 Å². The predicted molar refractivity (Wildman–Crippen MR) is 173 cm³/mol. The van der Waals surface area contributed by atoms with Crippen molar-refractivity contribution in [1.82, 2.24) is 5.43 Å². The first-order valence-corrected chi connectivity index (χ1v) is 16.1. The number of anilines is 1. The molecular weight excluding hydrogens is 613 g/mol. The van der Waals surface area contributed by atoms with Crippen LogP contribution >= 0.6 is 34.8 Å². The van der Waals surface area contributed by atoms with Crippen molar-refractivity contribution >= 4 is 69.9 Å². The molecule has 0 spiro atoms. The second kappa shape index (κ2) is 18.1. The number of amidine groups is 1. The number of ether oxygens (including phenoxy) is 2. The quantitative estimate of drug-likeness (QED) is 0.135. The molecule has 234 valence electrons. The average molecular weight is 653 g/mol. The number of carbonyl (C=O) groups excluding carboxylic acids is 3. The molecule has 1 fully saturated rings. The third-order valence-corrected chi connectivity index (χ3v) is 8.03. The molecule has 1 aliphatic heterocycles. The van der Waals surface area contributed by atoms with Crippen molar-refractivity contribution in [2.45, 2.75) is 90.4 Å². The normalized spacial score (nSPS) is 13.8. The van der Waals surface area contributed by atoms with E-state index in [1.165, 1.54) is 100 Å². The molecule has 3 rings (SSSR count). The third kappa shape index (κ3) is 10.7. The lowest BCUT2D eigenvalue weighted by Gasteiger charge is -2.19. The van der Waals surface area contributed by atoms with Crippen LogP contribution in [0.2, 0.25) is 15.1 Å². The first-order valence-electron chi connectivity index (χ1n) is 15.0. The Labute approximate surface area is 269 Å². The Morgan fingerprint density at radius 3 is 1.98 bits per heavy atom. The molecule has 0 radical (unpaired) electrons. The molecule has 2 aromatic carbocycles. The van der Waals surface area contributed by atoms with E-state index in [2.05, 4.69) is 17.3 Å². The molecule has 1 amide bonds. The van der Waals surface area contributed by atoms with Crippen LogP contribution in [0.5, 0.6) is 0 Å². The van der Waals surface area contributed by atoms with Gasteiger partial charge < -0.3 is 9.47 Å². The van der Waals surface area contributed by atoms with Crippen molar-refractivity contribution in [2.75, 3.05) is 18.7 Å². The summed E-state index contributed by atoms with van der Waals surface area (Å²) >= 11 is 19.2. The largest absolute Gasteiger partial charge is 0.465 e. The zero-order chi connectivity index (χ0) is 31.2. The van der Waals surface area contributed by atoms with Crippen LogP contribution in [0, 0.1) is 0 Å². The molecular formula is C32H40Cl3N3O5. The fraction of sp³-hybridized carbons (Fsp3) is 0.500. The predicted octanol–water partition coefficient (Wildman–Crippen LogP) is 9.26. The molecule has 0 atom stereocenters. The van der Waals surface area contributed by atoms with Gasteiger partial charge in [-0.15, -0.1) is 0 Å². The molecule has 11 heteroatoms. The lowest BCUT2D eigenvalue weighted by atomic mass is 10.1. The minimum atomic E-state index is -0.540. The summed E-state index contributed by atoms with van der Waals surface area (Å²) < 4.78 is 10.2. The molecule has 0 unspecified atom stereocenters. The summed E-state index contributed by atoms with van der Waals surface area (Å²) in [5, 5.41) is 1.65. The summed E-state index contributed by atoms with van der Waals surface area (Å²) in [6.45, 7) is 2.56. The second-order valence-electron chi connectivity index (χ2n) is 10.5. The highest BCUT2D eigenvalue weighted by molar-refractivity contribution is 6.41. The first kappa shape index (κ1) is 34.7. The van der Waals surface area contributed by atoms with Gasteiger partial charge in [0, 0.05) is 0 Å². The monoisotopic (exact) mass is 651 g/mol. The number of halogens is 3. The smallest absolute Gasteiger partial charge is 0.338 e. The molecule has 0 aromatic heterocycles. The van der Waals surface area contributed by atoms with Gasteiger partial charge in [0.05, 0.1) is 52.0 Å². The highest BCUT2D eigenvalue weighted by Crippen LogP contribution is 2.36. The van der Waals surface area contributed by atoms with Gasteiger partial charge in [-0.2, -0.15) is 0 Å². The van der Waals surface area contributed by atoms with Crippen LogP contribution in [-0.4, -0.2) is 37.4 Å². The van der Waals surface area contributed by atoms with Gasteiger partial charge in [-0.3, -0.25) is 10.2 Å². The fourth-order valence-corrected chi connectivity index (χ4v) is 5.59. The zero-order valence-corrected chi connectivity index (χ0v) is 27.1. The van der Waals surface area contributed by atoms with Gasteiger partial charge in [-0.1, -0.05) is 112 Å². The molecule has 1 aliphatic rings. The fourth-order valence-electron chi connectivity index (χ4n) is 4.78. The number of rotatable bonds is 17. The molecule has 8 nitrogen and oxygen atoms in total. The van der Waals surface area contributed by atoms with Gasteiger partial charge in [0.1, 0.15) is 11.5 Å². The number of nitrogens with zero attached hydrogens (tertiary/aromatic N) is 2. The number of esters is 2. The standard InChI is InChI=1S/C32H40Cl3N3O5/c1-3-4-5-6-7-8-9-10-11-12-13-14-17-43-32(41)23-18-25(34)30(26(35)19-23)38-29(39)21-28(37-38)36-27-20-22(31(40)42-2)15-16-24(27)33/h15-16,18-20H,3-14,17,21H2,1-2H3,(H,36,37). The Morgan fingerprint density at radius 2 is 1.40 bits per heavy atom. The number of benzene rings is 2. The molecule has 1 heterocycles. The van der Waals surface area contributed by atoms with E-state index < -0.39 is 11.9 Å². The highest BCUT2D eigenvalue weighted by atomic mass is 35.5. The van der Waals surface area contributed by atoms with Crippen molar-refractivity contribution in [1.29, 1.82) is 0 Å². The number of amides is 1. The van der Waals surface area contributed by atoms with Crippen LogP contribution in [0.3, 0.4) is 0 Å². The van der Waals surface area contributed by atoms with E-state index in [0.717, 1.165) is 19.3 Å². The van der Waals surface area contributed by atoms with E-state index >= 15 is 0 Å². The van der Waals surface area contributed by atoms with E-state index in [4.69, 9.17) is 44.3 Å². The molecule has 0 bridgehead atoms. The summed E-state index contributed by atoms with van der Waals surface area (Å²) in [7, 11) is 1.27. The second-order valence-corrected chi connectivity index (χ2v) is 11.8. The van der Waals surface area contributed by atoms with E-state index in [9.17, 15) is 14.4 Å². The molecule has 1 N–H and O–H groups in total. The van der Waals surface area contributed by atoms with Gasteiger partial charge in [0.2, 0.25) is 0 Å². The van der Waals surface area contributed by atoms with E-state index in [1.54, 1.807) is 0 Å². The average Bonchev–Trinajstić information content (AvgIpc) is 3.34. The van der Waals surface area contributed by atoms with E-state index in [0.29, 0.717) is 6.61 Å². The number of hydrogen-bond acceptors (Lipinski definition) is 6. The lowest BCUT2D eigenvalue weighted by Crippen LogP contribution is -2.36. The minimum Gasteiger partial charge on any atom is -0.465 e. The van der Waals surface area contributed by atoms with E-state index in [1.807, 2.05) is 0 Å². The van der Waals surface area contributed by atoms with Gasteiger partial charge in [-0.25, -0.2) is 19.6 Å². The van der Waals surface area contributed by atoms with E-state index in [-0.39, 0.29) is 55.7 Å². The number of methoxy groups -OCH3 is 1. The number of aliphatic imine (C=N–C) groups is 1. The maximum absolute atomic E-state index is 12.8. The van der Waals surface area contributed by atoms with Crippen molar-refractivity contribution < 1.29 is 23.9 Å². The molecule has 0 aliphatic carbocycles. The SMILES string of the molecule is CCCCCCCCCCCCCCOC(=O)c1cc(Cl)c(N2NC(=Nc3cc(C(=O)OC)ccc3Cl)CC2=O)c(Cl)c1. The molecule has 43 heavy (non-hydrogen) atoms. The number of unbranched alkanes of at least 4 members (excludes halogenated alkanes) is 11. The Kier molecular flexibility index (Phi) is 14.6. The Bertz CT molecular complexity index is 1280. The summed E-state index contributed by atoms with van der Waals surface area (Å²) in [6, 6.07) is 7.35. The summed E-state index contributed by atoms with van der Waals surface area (Å²) in [5.41, 5.74) is 3.81. The third-order valence-electron chi connectivity index (χ3n) is 7.14. The topological polar surface area (TPSA) is 97.3 Å². The summed E-state index contributed by atoms with van der Waals surface area (Å²) in [4.78, 5) is 41.7. The Hall–Kier alpha value is -2.81. The lowest BCUT2D eigenvalue weighted by molar-refractivity contribution is -0.116. The molecule has 1 saturated heterocycles. The van der Waals surface area contributed by atoms with Crippen molar-refractivity contribution in [2.24, 2.45) is 4.99 Å². The Balaban J connectivity index is 1.48. The molecule has 0 saturated carbocycles. The van der Waals surface area contributed by atoms with Crippen LogP contribution < -0.4 is 10.4 Å². The first-order chi connectivity index (χ1) is 20.7. The number of hydrazine groups is 1. The van der Waals surface area contributed by atoms with Crippen molar-refractivity contribution in [3.63, 3.8) is 0 Å². The van der Waals surface area contributed by atoms with Crippen LogP contribution in [-0.2, 0) is 14.3 Å².